The van der Waals surface area contributed by atoms with Crippen molar-refractivity contribution in [1.29, 1.82) is 0 Å². The van der Waals surface area contributed by atoms with E-state index in [1.54, 1.807) is 34.1 Å². The number of amides is 2. The maximum absolute atomic E-state index is 14.6. The summed E-state index contributed by atoms with van der Waals surface area (Å²) >= 11 is 6.08. The zero-order chi connectivity index (χ0) is 25.9. The highest BCUT2D eigenvalue weighted by molar-refractivity contribution is 6.30. The van der Waals surface area contributed by atoms with E-state index in [0.717, 1.165) is 17.5 Å². The van der Waals surface area contributed by atoms with Gasteiger partial charge >= 0.3 is 0 Å². The van der Waals surface area contributed by atoms with Gasteiger partial charge < -0.3 is 14.2 Å². The number of fused-ring (bicyclic) bond motifs is 5. The van der Waals surface area contributed by atoms with Gasteiger partial charge in [-0.15, -0.1) is 0 Å². The number of benzene rings is 3. The number of halogens is 1. The predicted octanol–water partition coefficient (Wildman–Crippen LogP) is 5.80. The highest BCUT2D eigenvalue weighted by Gasteiger charge is 2.64. The first-order valence-corrected chi connectivity index (χ1v) is 12.8. The standard InChI is InChI=1S/C30H25ClN2O4/c1-3-4-15-33-28(35)27-25(26(34)21-16-18(2)9-14-24(21)37-27)30(33)22-7-5-6-8-23(22)32(29(30)36)17-19-10-12-20(31)13-11-19/h5-14,16H,3-4,15,17H2,1-2H3. The van der Waals surface area contributed by atoms with E-state index in [2.05, 4.69) is 0 Å². The number of unbranched alkanes of at least 4 members (excludes halogenated alkanes) is 1. The minimum Gasteiger partial charge on any atom is -0.450 e. The van der Waals surface area contributed by atoms with Crippen LogP contribution in [0.5, 0.6) is 0 Å². The molecule has 0 N–H and O–H groups in total. The van der Waals surface area contributed by atoms with Gasteiger partial charge in [-0.1, -0.05) is 66.9 Å². The molecule has 0 bridgehead atoms. The first-order valence-electron chi connectivity index (χ1n) is 12.4. The summed E-state index contributed by atoms with van der Waals surface area (Å²) in [5.74, 6) is -0.806. The number of nitrogens with zero attached hydrogens (tertiary/aromatic N) is 2. The second kappa shape index (κ2) is 8.60. The first-order chi connectivity index (χ1) is 17.9. The minimum atomic E-state index is -1.58. The fourth-order valence-corrected chi connectivity index (χ4v) is 5.78. The van der Waals surface area contributed by atoms with Crippen LogP contribution >= 0.6 is 11.6 Å². The van der Waals surface area contributed by atoms with Gasteiger partial charge in [0.2, 0.25) is 5.76 Å². The first kappa shape index (κ1) is 23.5. The summed E-state index contributed by atoms with van der Waals surface area (Å²) in [5.41, 5.74) is 1.60. The number of rotatable bonds is 5. The van der Waals surface area contributed by atoms with Crippen LogP contribution in [0.4, 0.5) is 5.69 Å². The molecule has 1 aromatic heterocycles. The quantitative estimate of drug-likeness (QED) is 0.339. The third kappa shape index (κ3) is 3.28. The summed E-state index contributed by atoms with van der Waals surface area (Å²) in [6, 6.07) is 20.0. The highest BCUT2D eigenvalue weighted by Crippen LogP contribution is 2.53. The molecular weight excluding hydrogens is 488 g/mol. The van der Waals surface area contributed by atoms with Crippen LogP contribution in [0, 0.1) is 6.92 Å². The Balaban J connectivity index is 1.64. The average Bonchev–Trinajstić information content (AvgIpc) is 3.29. The monoisotopic (exact) mass is 512 g/mol. The Morgan fingerprint density at radius 1 is 0.973 bits per heavy atom. The van der Waals surface area contributed by atoms with Crippen LogP contribution < -0.4 is 10.3 Å². The van der Waals surface area contributed by atoms with Gasteiger partial charge in [-0.05, 0) is 49.2 Å². The van der Waals surface area contributed by atoms with Crippen molar-refractivity contribution in [3.8, 4) is 0 Å². The fourth-order valence-electron chi connectivity index (χ4n) is 5.65. The van der Waals surface area contributed by atoms with Gasteiger partial charge in [-0.25, -0.2) is 0 Å². The lowest BCUT2D eigenvalue weighted by Gasteiger charge is -2.34. The summed E-state index contributed by atoms with van der Waals surface area (Å²) in [5, 5.41) is 0.971. The van der Waals surface area contributed by atoms with Crippen molar-refractivity contribution < 1.29 is 14.0 Å². The number of para-hydroxylation sites is 1. The van der Waals surface area contributed by atoms with E-state index >= 15 is 0 Å². The molecule has 1 atom stereocenters. The largest absolute Gasteiger partial charge is 0.450 e. The summed E-state index contributed by atoms with van der Waals surface area (Å²) in [6.07, 6.45) is 1.50. The molecule has 1 unspecified atom stereocenters. The molecule has 6 rings (SSSR count). The van der Waals surface area contributed by atoms with Crippen LogP contribution in [0.1, 0.15) is 52.6 Å². The Bertz CT molecular complexity index is 1640. The molecule has 0 fully saturated rings. The van der Waals surface area contributed by atoms with Gasteiger partial charge in [0.15, 0.2) is 11.0 Å². The summed E-state index contributed by atoms with van der Waals surface area (Å²) in [6.45, 7) is 4.52. The van der Waals surface area contributed by atoms with Crippen LogP contribution in [0.15, 0.2) is 75.9 Å². The topological polar surface area (TPSA) is 70.8 Å². The third-order valence-electron chi connectivity index (χ3n) is 7.38. The number of anilines is 1. The van der Waals surface area contributed by atoms with Crippen LogP contribution in [0.3, 0.4) is 0 Å². The molecule has 4 aromatic rings. The van der Waals surface area contributed by atoms with Crippen molar-refractivity contribution in [2.75, 3.05) is 11.4 Å². The van der Waals surface area contributed by atoms with Gasteiger partial charge in [-0.2, -0.15) is 0 Å². The average molecular weight is 513 g/mol. The van der Waals surface area contributed by atoms with Crippen molar-refractivity contribution in [3.05, 3.63) is 110 Å². The molecule has 37 heavy (non-hydrogen) atoms. The molecule has 2 aliphatic heterocycles. The molecule has 6 nitrogen and oxygen atoms in total. The third-order valence-corrected chi connectivity index (χ3v) is 7.63. The lowest BCUT2D eigenvalue weighted by atomic mass is 9.83. The molecule has 0 saturated heterocycles. The van der Waals surface area contributed by atoms with E-state index in [-0.39, 0.29) is 29.2 Å². The Labute approximate surface area is 219 Å². The second-order valence-electron chi connectivity index (χ2n) is 9.69. The number of hydrogen-bond acceptors (Lipinski definition) is 4. The summed E-state index contributed by atoms with van der Waals surface area (Å²) < 4.78 is 6.10. The predicted molar refractivity (Wildman–Crippen MR) is 143 cm³/mol. The number of aryl methyl sites for hydroxylation is 1. The van der Waals surface area contributed by atoms with E-state index in [0.29, 0.717) is 40.2 Å². The Morgan fingerprint density at radius 2 is 1.73 bits per heavy atom. The van der Waals surface area contributed by atoms with E-state index in [1.165, 1.54) is 0 Å². The van der Waals surface area contributed by atoms with Gasteiger partial charge in [0.05, 0.1) is 23.2 Å². The molecule has 3 heterocycles. The Hall–Kier alpha value is -3.90. The van der Waals surface area contributed by atoms with Crippen molar-refractivity contribution in [3.63, 3.8) is 0 Å². The van der Waals surface area contributed by atoms with Crippen LogP contribution in [0.25, 0.3) is 11.0 Å². The number of carbonyl (C=O) groups is 2. The molecule has 186 valence electrons. The zero-order valence-corrected chi connectivity index (χ0v) is 21.3. The SMILES string of the molecule is CCCCN1C(=O)c2oc3ccc(C)cc3c(=O)c2C12C(=O)N(Cc1ccc(Cl)cc1)c1ccccc12. The molecule has 7 heteroatoms. The smallest absolute Gasteiger partial charge is 0.291 e. The van der Waals surface area contributed by atoms with Gasteiger partial charge in [-0.3, -0.25) is 14.4 Å². The maximum atomic E-state index is 14.6. The molecular formula is C30H25ClN2O4. The fraction of sp³-hybridized carbons (Fsp3) is 0.233. The van der Waals surface area contributed by atoms with Gasteiger partial charge in [0, 0.05) is 17.1 Å². The van der Waals surface area contributed by atoms with Crippen molar-refractivity contribution >= 4 is 40.1 Å². The van der Waals surface area contributed by atoms with E-state index < -0.39 is 11.4 Å². The number of carbonyl (C=O) groups excluding carboxylic acids is 2. The van der Waals surface area contributed by atoms with E-state index in [4.69, 9.17) is 16.0 Å². The van der Waals surface area contributed by atoms with E-state index in [1.807, 2.05) is 56.3 Å². The normalized spacial score (nSPS) is 18.2. The molecule has 0 aliphatic carbocycles. The van der Waals surface area contributed by atoms with Crippen molar-refractivity contribution in [2.24, 2.45) is 0 Å². The van der Waals surface area contributed by atoms with Gasteiger partial charge in [0.1, 0.15) is 5.58 Å². The molecule has 0 radical (unpaired) electrons. The molecule has 2 amide bonds. The second-order valence-corrected chi connectivity index (χ2v) is 10.1. The lowest BCUT2D eigenvalue weighted by Crippen LogP contribution is -2.53. The van der Waals surface area contributed by atoms with Crippen LogP contribution in [-0.2, 0) is 16.9 Å². The summed E-state index contributed by atoms with van der Waals surface area (Å²) in [4.78, 5) is 45.9. The maximum Gasteiger partial charge on any atom is 0.291 e. The summed E-state index contributed by atoms with van der Waals surface area (Å²) in [7, 11) is 0. The van der Waals surface area contributed by atoms with Crippen LogP contribution in [-0.4, -0.2) is 23.3 Å². The lowest BCUT2D eigenvalue weighted by molar-refractivity contribution is -0.126. The molecule has 0 saturated carbocycles. The van der Waals surface area contributed by atoms with Crippen LogP contribution in [0.2, 0.25) is 5.02 Å². The highest BCUT2D eigenvalue weighted by atomic mass is 35.5. The molecule has 3 aromatic carbocycles. The van der Waals surface area contributed by atoms with Crippen molar-refractivity contribution in [1.82, 2.24) is 4.90 Å². The Morgan fingerprint density at radius 3 is 2.49 bits per heavy atom. The Kier molecular flexibility index (Phi) is 5.46. The van der Waals surface area contributed by atoms with Crippen molar-refractivity contribution in [2.45, 2.75) is 38.8 Å². The molecule has 1 spiro atoms. The number of hydrogen-bond donors (Lipinski definition) is 0. The molecule has 2 aliphatic rings. The zero-order valence-electron chi connectivity index (χ0n) is 20.6. The van der Waals surface area contributed by atoms with E-state index in [9.17, 15) is 14.4 Å². The van der Waals surface area contributed by atoms with Gasteiger partial charge in [0.25, 0.3) is 11.8 Å². The minimum absolute atomic E-state index is 0.0473.